The number of piperidine rings is 1. The van der Waals surface area contributed by atoms with Crippen LogP contribution in [0.25, 0.3) is 0 Å². The summed E-state index contributed by atoms with van der Waals surface area (Å²) in [6.45, 7) is 1.73. The Bertz CT molecular complexity index is 1210. The van der Waals surface area contributed by atoms with Gasteiger partial charge in [0.1, 0.15) is 24.6 Å². The summed E-state index contributed by atoms with van der Waals surface area (Å²) in [5.74, 6) is -1.94. The minimum absolute atomic E-state index is 0.0305. The van der Waals surface area contributed by atoms with Gasteiger partial charge in [-0.3, -0.25) is 9.89 Å². The fourth-order valence-corrected chi connectivity index (χ4v) is 5.10. The smallest absolute Gasteiger partial charge is 0.338 e. The first kappa shape index (κ1) is 27.1. The summed E-state index contributed by atoms with van der Waals surface area (Å²) in [7, 11) is 0. The van der Waals surface area contributed by atoms with Crippen molar-refractivity contribution in [1.29, 1.82) is 0 Å². The lowest BCUT2D eigenvalue weighted by Crippen LogP contribution is -2.48. The molecule has 9 nitrogen and oxygen atoms in total. The van der Waals surface area contributed by atoms with E-state index in [1.807, 2.05) is 0 Å². The minimum atomic E-state index is -1.42. The number of halogens is 3. The molecule has 2 unspecified atom stereocenters. The number of carbonyl (C=O) groups is 2. The fourth-order valence-electron chi connectivity index (χ4n) is 4.25. The second-order valence-corrected chi connectivity index (χ2v) is 9.71. The van der Waals surface area contributed by atoms with E-state index in [9.17, 15) is 18.4 Å². The Kier molecular flexibility index (Phi) is 8.85. The third-order valence-corrected chi connectivity index (χ3v) is 6.99. The van der Waals surface area contributed by atoms with Gasteiger partial charge in [-0.05, 0) is 25.5 Å². The van der Waals surface area contributed by atoms with E-state index in [0.717, 1.165) is 6.07 Å². The molecule has 0 bridgehead atoms. The maximum atomic E-state index is 14.8. The second kappa shape index (κ2) is 12.1. The number of carboxylic acid groups (broad SMARTS) is 1. The number of thiazole rings is 1. The van der Waals surface area contributed by atoms with Gasteiger partial charge in [-0.2, -0.15) is 0 Å². The molecule has 0 saturated carbocycles. The third-order valence-electron chi connectivity index (χ3n) is 5.88. The lowest BCUT2D eigenvalue weighted by molar-refractivity contribution is -0.147. The monoisotopic (exact) mass is 554 g/mol. The minimum Gasteiger partial charge on any atom is -0.480 e. The van der Waals surface area contributed by atoms with Crippen LogP contribution in [0, 0.1) is 5.82 Å². The van der Waals surface area contributed by atoms with Crippen LogP contribution in [0.3, 0.4) is 0 Å². The molecule has 1 saturated heterocycles. The number of ether oxygens (including phenoxy) is 2. The van der Waals surface area contributed by atoms with Crippen molar-refractivity contribution >= 4 is 40.7 Å². The van der Waals surface area contributed by atoms with Crippen LogP contribution in [0.5, 0.6) is 0 Å². The number of rotatable bonds is 9. The van der Waals surface area contributed by atoms with Crippen molar-refractivity contribution in [3.05, 3.63) is 62.5 Å². The summed E-state index contributed by atoms with van der Waals surface area (Å²) in [6.07, 6.45) is -0.359. The molecule has 1 aromatic heterocycles. The highest BCUT2D eigenvalue weighted by Gasteiger charge is 2.36. The number of hydrogen-bond acceptors (Lipinski definition) is 9. The van der Waals surface area contributed by atoms with E-state index >= 15 is 0 Å². The molecule has 2 aromatic rings. The maximum absolute atomic E-state index is 14.8. The van der Waals surface area contributed by atoms with Crippen molar-refractivity contribution in [2.45, 2.75) is 31.7 Å². The molecule has 0 aliphatic carbocycles. The number of hydrogen-bond donors (Lipinski definition) is 2. The molecule has 1 aromatic carbocycles. The molecule has 0 radical (unpaired) electrons. The molecule has 13 heteroatoms. The number of aliphatic imine (C=N–C) groups is 1. The van der Waals surface area contributed by atoms with Crippen LogP contribution < -0.4 is 5.32 Å². The molecule has 37 heavy (non-hydrogen) atoms. The van der Waals surface area contributed by atoms with Gasteiger partial charge in [0, 0.05) is 47.5 Å². The Morgan fingerprint density at radius 3 is 2.84 bits per heavy atom. The number of aromatic nitrogens is 1. The van der Waals surface area contributed by atoms with Crippen molar-refractivity contribution in [2.75, 3.05) is 32.8 Å². The van der Waals surface area contributed by atoms with E-state index in [2.05, 4.69) is 10.3 Å². The van der Waals surface area contributed by atoms with Gasteiger partial charge in [-0.1, -0.05) is 17.7 Å². The first-order chi connectivity index (χ1) is 17.8. The molecule has 3 atom stereocenters. The zero-order chi connectivity index (χ0) is 26.5. The molecule has 2 aliphatic rings. The average Bonchev–Trinajstić information content (AvgIpc) is 3.38. The van der Waals surface area contributed by atoms with Gasteiger partial charge in [0.25, 0.3) is 0 Å². The molecule has 198 valence electrons. The number of nitrogens with one attached hydrogen (secondary N) is 1. The quantitative estimate of drug-likeness (QED) is 0.454. The van der Waals surface area contributed by atoms with Crippen molar-refractivity contribution in [3.63, 3.8) is 0 Å². The lowest BCUT2D eigenvalue weighted by atomic mass is 9.94. The number of nitrogens with zero attached hydrogens (tertiary/aromatic N) is 3. The standard InChI is InChI=1S/C24H25ClF2N4O5S/c1-2-35-24(34)20-17(11-31-7-5-18(16(27)10-31)36-12-19(32)33)29-22(23-28-6-8-37-23)30-21(20)14-4-3-13(26)9-15(14)25/h3-4,6,8-9,16,18,21H,2,5,7,10-12H2,1H3,(H,29,30)(H,32,33)/t16?,18?,21-/m0/s1. The van der Waals surface area contributed by atoms with Crippen LogP contribution in [0.2, 0.25) is 5.02 Å². The van der Waals surface area contributed by atoms with Gasteiger partial charge in [0.05, 0.1) is 18.3 Å². The summed E-state index contributed by atoms with van der Waals surface area (Å²) < 4.78 is 39.2. The molecule has 2 aliphatic heterocycles. The van der Waals surface area contributed by atoms with E-state index in [1.54, 1.807) is 23.4 Å². The molecule has 0 spiro atoms. The summed E-state index contributed by atoms with van der Waals surface area (Å²) >= 11 is 7.71. The molecule has 1 fully saturated rings. The highest BCUT2D eigenvalue weighted by atomic mass is 35.5. The number of likely N-dealkylation sites (tertiary alicyclic amines) is 1. The fraction of sp³-hybridized carbons (Fsp3) is 0.417. The van der Waals surface area contributed by atoms with E-state index < -0.39 is 42.7 Å². The van der Waals surface area contributed by atoms with Crippen molar-refractivity contribution in [2.24, 2.45) is 4.99 Å². The van der Waals surface area contributed by atoms with E-state index in [4.69, 9.17) is 31.2 Å². The molecule has 4 rings (SSSR count). The Hall–Kier alpha value is -2.93. The summed E-state index contributed by atoms with van der Waals surface area (Å²) in [6, 6.07) is 2.94. The normalized spacial score (nSPS) is 22.4. The van der Waals surface area contributed by atoms with Gasteiger partial charge in [0.2, 0.25) is 0 Å². The van der Waals surface area contributed by atoms with Crippen molar-refractivity contribution < 1.29 is 33.0 Å². The van der Waals surface area contributed by atoms with Gasteiger partial charge >= 0.3 is 11.9 Å². The largest absolute Gasteiger partial charge is 0.480 e. The van der Waals surface area contributed by atoms with E-state index in [-0.39, 0.29) is 36.7 Å². The Balaban J connectivity index is 1.68. The van der Waals surface area contributed by atoms with Crippen LogP contribution in [0.4, 0.5) is 8.78 Å². The van der Waals surface area contributed by atoms with Crippen LogP contribution in [0.1, 0.15) is 30.0 Å². The van der Waals surface area contributed by atoms with Crippen LogP contribution in [0.15, 0.2) is 46.0 Å². The number of amidine groups is 1. The van der Waals surface area contributed by atoms with Gasteiger partial charge < -0.3 is 19.9 Å². The van der Waals surface area contributed by atoms with Crippen molar-refractivity contribution in [1.82, 2.24) is 15.2 Å². The first-order valence-electron chi connectivity index (χ1n) is 11.6. The Labute approximate surface area is 220 Å². The molecule has 3 heterocycles. The summed E-state index contributed by atoms with van der Waals surface area (Å²) in [5.41, 5.74) is 1.01. The third kappa shape index (κ3) is 6.50. The zero-order valence-corrected chi connectivity index (χ0v) is 21.4. The number of carboxylic acids is 1. The SMILES string of the molecule is CCOC(=O)C1=C(CN2CCC(OCC(=O)O)C(F)C2)NC(c2nccs2)=N[C@H]1c1ccc(F)cc1Cl. The number of carbonyl (C=O) groups excluding carboxylic acids is 1. The van der Waals surface area contributed by atoms with E-state index in [1.165, 1.54) is 23.5 Å². The summed E-state index contributed by atoms with van der Waals surface area (Å²) in [4.78, 5) is 34.8. The van der Waals surface area contributed by atoms with Crippen LogP contribution >= 0.6 is 22.9 Å². The lowest BCUT2D eigenvalue weighted by Gasteiger charge is -2.36. The number of aliphatic carboxylic acids is 1. The predicted octanol–water partition coefficient (Wildman–Crippen LogP) is 3.36. The van der Waals surface area contributed by atoms with Crippen LogP contribution in [-0.4, -0.2) is 77.9 Å². The average molecular weight is 555 g/mol. The van der Waals surface area contributed by atoms with Gasteiger partial charge in [0.15, 0.2) is 10.8 Å². The molecular weight excluding hydrogens is 530 g/mol. The maximum Gasteiger partial charge on any atom is 0.338 e. The number of alkyl halides is 1. The highest BCUT2D eigenvalue weighted by molar-refractivity contribution is 7.11. The zero-order valence-electron chi connectivity index (χ0n) is 19.8. The Morgan fingerprint density at radius 1 is 1.38 bits per heavy atom. The van der Waals surface area contributed by atoms with E-state index in [0.29, 0.717) is 28.6 Å². The molecule has 0 amide bonds. The van der Waals surface area contributed by atoms with Gasteiger partial charge in [-0.25, -0.2) is 23.4 Å². The summed E-state index contributed by atoms with van der Waals surface area (Å²) in [5, 5.41) is 14.4. The number of benzene rings is 1. The first-order valence-corrected chi connectivity index (χ1v) is 12.8. The predicted molar refractivity (Wildman–Crippen MR) is 133 cm³/mol. The second-order valence-electron chi connectivity index (χ2n) is 8.40. The number of esters is 1. The molecule has 2 N–H and O–H groups in total. The Morgan fingerprint density at radius 2 is 2.19 bits per heavy atom. The van der Waals surface area contributed by atoms with Crippen LogP contribution in [-0.2, 0) is 19.1 Å². The molecular formula is C24H25ClF2N4O5S. The highest BCUT2D eigenvalue weighted by Crippen LogP contribution is 2.37. The van der Waals surface area contributed by atoms with Crippen molar-refractivity contribution in [3.8, 4) is 0 Å². The topological polar surface area (TPSA) is 113 Å². The van der Waals surface area contributed by atoms with Gasteiger partial charge in [-0.15, -0.1) is 11.3 Å².